The largest absolute Gasteiger partial charge is 0.459 e. The second kappa shape index (κ2) is 8.53. The van der Waals surface area contributed by atoms with Crippen LogP contribution in [0.2, 0.25) is 5.02 Å². The molecule has 0 radical (unpaired) electrons. The number of hydrogen-bond acceptors (Lipinski definition) is 3. The summed E-state index contributed by atoms with van der Waals surface area (Å²) in [6.45, 7) is 2.39. The standard InChI is InChI=1S/C14H18ClNO3/c1-2-3-4-5-10-19-14(18)13(17)16-12-8-6-11(15)7-9-12/h6-9H,2-5,10H2,1H3,(H,16,17). The Hall–Kier alpha value is -1.55. The van der Waals surface area contributed by atoms with Crippen molar-refractivity contribution in [1.29, 1.82) is 0 Å². The third-order valence-electron chi connectivity index (χ3n) is 2.52. The second-order valence-electron chi connectivity index (χ2n) is 4.16. The van der Waals surface area contributed by atoms with Gasteiger partial charge in [0.2, 0.25) is 0 Å². The summed E-state index contributed by atoms with van der Waals surface area (Å²) < 4.78 is 4.87. The lowest BCUT2D eigenvalue weighted by atomic mass is 10.2. The molecule has 0 bridgehead atoms. The summed E-state index contributed by atoms with van der Waals surface area (Å²) in [6.07, 6.45) is 4.01. The number of carbonyl (C=O) groups is 2. The van der Waals surface area contributed by atoms with Gasteiger partial charge in [-0.25, -0.2) is 4.79 Å². The quantitative estimate of drug-likeness (QED) is 0.494. The molecular weight excluding hydrogens is 266 g/mol. The van der Waals surface area contributed by atoms with E-state index in [1.165, 1.54) is 0 Å². The molecular formula is C14H18ClNO3. The minimum absolute atomic E-state index is 0.285. The molecule has 4 nitrogen and oxygen atoms in total. The van der Waals surface area contributed by atoms with Gasteiger partial charge in [-0.3, -0.25) is 4.79 Å². The van der Waals surface area contributed by atoms with E-state index in [0.29, 0.717) is 10.7 Å². The van der Waals surface area contributed by atoms with Crippen molar-refractivity contribution in [3.05, 3.63) is 29.3 Å². The molecule has 0 saturated heterocycles. The van der Waals surface area contributed by atoms with Gasteiger partial charge in [0.25, 0.3) is 0 Å². The molecule has 0 aromatic heterocycles. The van der Waals surface area contributed by atoms with Crippen LogP contribution in [0.3, 0.4) is 0 Å². The highest BCUT2D eigenvalue weighted by atomic mass is 35.5. The fourth-order valence-electron chi connectivity index (χ4n) is 1.47. The Balaban J connectivity index is 2.28. The van der Waals surface area contributed by atoms with Gasteiger partial charge >= 0.3 is 11.9 Å². The summed E-state index contributed by atoms with van der Waals surface area (Å²) in [5, 5.41) is 3.02. The van der Waals surface area contributed by atoms with Crippen LogP contribution in [-0.2, 0) is 14.3 Å². The zero-order valence-electron chi connectivity index (χ0n) is 10.9. The fraction of sp³-hybridized carbons (Fsp3) is 0.429. The van der Waals surface area contributed by atoms with Crippen molar-refractivity contribution < 1.29 is 14.3 Å². The molecule has 0 fully saturated rings. The number of anilines is 1. The number of ether oxygens (including phenoxy) is 1. The van der Waals surface area contributed by atoms with Crippen molar-refractivity contribution >= 4 is 29.2 Å². The van der Waals surface area contributed by atoms with Crippen molar-refractivity contribution in [1.82, 2.24) is 0 Å². The maximum absolute atomic E-state index is 11.5. The monoisotopic (exact) mass is 283 g/mol. The first-order valence-electron chi connectivity index (χ1n) is 6.37. The van der Waals surface area contributed by atoms with Crippen molar-refractivity contribution in [2.45, 2.75) is 32.6 Å². The topological polar surface area (TPSA) is 55.4 Å². The molecule has 1 N–H and O–H groups in total. The first-order chi connectivity index (χ1) is 9.13. The minimum Gasteiger partial charge on any atom is -0.459 e. The average Bonchev–Trinajstić information content (AvgIpc) is 2.41. The lowest BCUT2D eigenvalue weighted by molar-refractivity contribution is -0.152. The fourth-order valence-corrected chi connectivity index (χ4v) is 1.60. The number of rotatable bonds is 6. The van der Waals surface area contributed by atoms with E-state index >= 15 is 0 Å². The summed E-state index contributed by atoms with van der Waals surface area (Å²) in [6, 6.07) is 6.50. The number of amides is 1. The van der Waals surface area contributed by atoms with Gasteiger partial charge in [-0.2, -0.15) is 0 Å². The zero-order chi connectivity index (χ0) is 14.1. The molecule has 1 amide bonds. The van der Waals surface area contributed by atoms with E-state index in [1.807, 2.05) is 0 Å². The van der Waals surface area contributed by atoms with E-state index < -0.39 is 11.9 Å². The molecule has 0 aliphatic heterocycles. The van der Waals surface area contributed by atoms with Crippen LogP contribution in [-0.4, -0.2) is 18.5 Å². The normalized spacial score (nSPS) is 10.0. The molecule has 0 aliphatic rings. The van der Waals surface area contributed by atoms with Gasteiger partial charge in [0.15, 0.2) is 0 Å². The number of esters is 1. The number of unbranched alkanes of at least 4 members (excludes halogenated alkanes) is 3. The molecule has 0 spiro atoms. The van der Waals surface area contributed by atoms with Gasteiger partial charge in [-0.1, -0.05) is 37.8 Å². The molecule has 1 aromatic rings. The Morgan fingerprint density at radius 1 is 1.16 bits per heavy atom. The van der Waals surface area contributed by atoms with Crippen LogP contribution in [0.15, 0.2) is 24.3 Å². The zero-order valence-corrected chi connectivity index (χ0v) is 11.7. The highest BCUT2D eigenvalue weighted by Gasteiger charge is 2.15. The summed E-state index contributed by atoms with van der Waals surface area (Å²) in [4.78, 5) is 22.9. The third kappa shape index (κ3) is 6.25. The number of nitrogens with one attached hydrogen (secondary N) is 1. The molecule has 0 heterocycles. The predicted octanol–water partition coefficient (Wildman–Crippen LogP) is 3.40. The average molecular weight is 284 g/mol. The second-order valence-corrected chi connectivity index (χ2v) is 4.59. The smallest absolute Gasteiger partial charge is 0.397 e. The van der Waals surface area contributed by atoms with Crippen LogP contribution in [0.4, 0.5) is 5.69 Å². The minimum atomic E-state index is -0.855. The van der Waals surface area contributed by atoms with Crippen LogP contribution in [0.5, 0.6) is 0 Å². The Morgan fingerprint density at radius 2 is 1.84 bits per heavy atom. The van der Waals surface area contributed by atoms with Crippen molar-refractivity contribution in [2.24, 2.45) is 0 Å². The van der Waals surface area contributed by atoms with E-state index in [0.717, 1.165) is 25.7 Å². The molecule has 0 aliphatic carbocycles. The van der Waals surface area contributed by atoms with Crippen molar-refractivity contribution in [3.8, 4) is 0 Å². The first-order valence-corrected chi connectivity index (χ1v) is 6.75. The first kappa shape index (κ1) is 15.5. The number of halogens is 1. The van der Waals surface area contributed by atoms with Gasteiger partial charge < -0.3 is 10.1 Å². The Morgan fingerprint density at radius 3 is 2.47 bits per heavy atom. The van der Waals surface area contributed by atoms with E-state index in [2.05, 4.69) is 12.2 Å². The summed E-state index contributed by atoms with van der Waals surface area (Å²) in [7, 11) is 0. The van der Waals surface area contributed by atoms with Crippen LogP contribution in [0, 0.1) is 0 Å². The SMILES string of the molecule is CCCCCCOC(=O)C(=O)Nc1ccc(Cl)cc1. The molecule has 0 unspecified atom stereocenters. The van der Waals surface area contributed by atoms with Crippen LogP contribution >= 0.6 is 11.6 Å². The van der Waals surface area contributed by atoms with E-state index in [1.54, 1.807) is 24.3 Å². The van der Waals surface area contributed by atoms with Gasteiger partial charge in [0, 0.05) is 10.7 Å². The highest BCUT2D eigenvalue weighted by molar-refractivity contribution is 6.37. The summed E-state index contributed by atoms with van der Waals surface area (Å²) >= 11 is 5.72. The molecule has 5 heteroatoms. The number of carbonyl (C=O) groups excluding carboxylic acids is 2. The van der Waals surface area contributed by atoms with Crippen molar-refractivity contribution in [3.63, 3.8) is 0 Å². The Kier molecular flexibility index (Phi) is 6.97. The van der Waals surface area contributed by atoms with Gasteiger partial charge in [0.1, 0.15) is 0 Å². The molecule has 1 aromatic carbocycles. The highest BCUT2D eigenvalue weighted by Crippen LogP contribution is 2.13. The number of hydrogen-bond donors (Lipinski definition) is 1. The van der Waals surface area contributed by atoms with Gasteiger partial charge in [-0.15, -0.1) is 0 Å². The molecule has 104 valence electrons. The molecule has 0 atom stereocenters. The lowest BCUT2D eigenvalue weighted by Gasteiger charge is -2.06. The van der Waals surface area contributed by atoms with E-state index in [-0.39, 0.29) is 6.61 Å². The van der Waals surface area contributed by atoms with Gasteiger partial charge in [-0.05, 0) is 30.7 Å². The number of benzene rings is 1. The summed E-state index contributed by atoms with van der Waals surface area (Å²) in [5.41, 5.74) is 0.511. The van der Waals surface area contributed by atoms with Crippen LogP contribution in [0.25, 0.3) is 0 Å². The van der Waals surface area contributed by atoms with Crippen LogP contribution < -0.4 is 5.32 Å². The Labute approximate surface area is 118 Å². The van der Waals surface area contributed by atoms with Crippen LogP contribution in [0.1, 0.15) is 32.6 Å². The lowest BCUT2D eigenvalue weighted by Crippen LogP contribution is -2.25. The predicted molar refractivity (Wildman–Crippen MR) is 75.2 cm³/mol. The maximum Gasteiger partial charge on any atom is 0.397 e. The van der Waals surface area contributed by atoms with E-state index in [9.17, 15) is 9.59 Å². The summed E-state index contributed by atoms with van der Waals surface area (Å²) in [5.74, 6) is -1.62. The van der Waals surface area contributed by atoms with E-state index in [4.69, 9.17) is 16.3 Å². The third-order valence-corrected chi connectivity index (χ3v) is 2.77. The molecule has 1 rings (SSSR count). The maximum atomic E-state index is 11.5. The molecule has 19 heavy (non-hydrogen) atoms. The van der Waals surface area contributed by atoms with Gasteiger partial charge in [0.05, 0.1) is 6.61 Å². The van der Waals surface area contributed by atoms with Crippen molar-refractivity contribution in [2.75, 3.05) is 11.9 Å². The molecule has 0 saturated carbocycles. The Bertz CT molecular complexity index is 417.